The number of carbonyl (C=O) groups excluding carboxylic acids is 1. The minimum absolute atomic E-state index is 0.195. The van der Waals surface area contributed by atoms with Crippen molar-refractivity contribution in [3.8, 4) is 9.75 Å². The molecule has 1 N–H and O–H groups in total. The highest BCUT2D eigenvalue weighted by Gasteiger charge is 2.23. The highest BCUT2D eigenvalue weighted by atomic mass is 32.1. The normalized spacial score (nSPS) is 16.8. The third-order valence-electron chi connectivity index (χ3n) is 3.49. The van der Waals surface area contributed by atoms with E-state index in [-0.39, 0.29) is 5.91 Å². The third-order valence-corrected chi connectivity index (χ3v) is 5.62. The van der Waals surface area contributed by atoms with Crippen LogP contribution >= 0.6 is 22.7 Å². The number of hydrogen-bond acceptors (Lipinski definition) is 3. The van der Waals surface area contributed by atoms with Crippen LogP contribution in [0.5, 0.6) is 0 Å². The predicted molar refractivity (Wildman–Crippen MR) is 80.2 cm³/mol. The van der Waals surface area contributed by atoms with Gasteiger partial charge in [0.2, 0.25) is 0 Å². The van der Waals surface area contributed by atoms with Crippen LogP contribution in [0, 0.1) is 0 Å². The minimum atomic E-state index is 0.195. The Balaban J connectivity index is 1.74. The number of amides is 1. The summed E-state index contributed by atoms with van der Waals surface area (Å²) in [6.07, 6.45) is 0. The van der Waals surface area contributed by atoms with Crippen molar-refractivity contribution in [2.75, 3.05) is 33.2 Å². The molecule has 1 aliphatic heterocycles. The van der Waals surface area contributed by atoms with Crippen LogP contribution in [0.3, 0.4) is 0 Å². The Morgan fingerprint density at radius 1 is 1.21 bits per heavy atom. The van der Waals surface area contributed by atoms with E-state index in [1.807, 2.05) is 17.0 Å². The van der Waals surface area contributed by atoms with Crippen LogP contribution < -0.4 is 4.90 Å². The maximum absolute atomic E-state index is 12.4. The SMILES string of the molecule is C[NH+]1CCN(C(=O)c2ccc(-c3cccs3)s2)CC1. The lowest BCUT2D eigenvalue weighted by atomic mass is 10.3. The zero-order valence-corrected chi connectivity index (χ0v) is 12.5. The van der Waals surface area contributed by atoms with E-state index in [0.717, 1.165) is 31.1 Å². The largest absolute Gasteiger partial charge is 0.334 e. The lowest BCUT2D eigenvalue weighted by Crippen LogP contribution is -3.12. The van der Waals surface area contributed by atoms with Crippen LogP contribution in [0.15, 0.2) is 29.6 Å². The molecule has 0 radical (unpaired) electrons. The maximum atomic E-state index is 12.4. The molecule has 1 fully saturated rings. The zero-order valence-electron chi connectivity index (χ0n) is 10.9. The summed E-state index contributed by atoms with van der Waals surface area (Å²) in [5.74, 6) is 0.195. The van der Waals surface area contributed by atoms with E-state index in [1.165, 1.54) is 14.7 Å². The van der Waals surface area contributed by atoms with Gasteiger partial charge in [0.05, 0.1) is 38.1 Å². The van der Waals surface area contributed by atoms with Crippen molar-refractivity contribution in [1.82, 2.24) is 4.90 Å². The molecule has 0 saturated carbocycles. The molecule has 3 heterocycles. The van der Waals surface area contributed by atoms with E-state index in [1.54, 1.807) is 22.7 Å². The molecule has 1 aliphatic rings. The summed E-state index contributed by atoms with van der Waals surface area (Å²) >= 11 is 3.32. The molecular weight excluding hydrogens is 276 g/mol. The molecular formula is C14H17N2OS2+. The standard InChI is InChI=1S/C14H16N2OS2/c1-15-6-8-16(9-7-15)14(17)13-5-4-12(19-13)11-3-2-10-18-11/h2-5,10H,6-9H2,1H3/p+1. The van der Waals surface area contributed by atoms with Crippen molar-refractivity contribution in [3.63, 3.8) is 0 Å². The van der Waals surface area contributed by atoms with E-state index in [9.17, 15) is 4.79 Å². The average Bonchev–Trinajstić information content (AvgIpc) is 3.10. The molecule has 0 unspecified atom stereocenters. The average molecular weight is 293 g/mol. The number of nitrogens with zero attached hydrogens (tertiary/aromatic N) is 1. The van der Waals surface area contributed by atoms with Crippen molar-refractivity contribution < 1.29 is 9.69 Å². The van der Waals surface area contributed by atoms with Gasteiger partial charge in [0.15, 0.2) is 0 Å². The topological polar surface area (TPSA) is 24.8 Å². The van der Waals surface area contributed by atoms with Crippen LogP contribution in [-0.4, -0.2) is 44.0 Å². The number of rotatable bonds is 2. The number of likely N-dealkylation sites (N-methyl/N-ethyl adjacent to an activating group) is 1. The molecule has 0 aliphatic carbocycles. The Morgan fingerprint density at radius 2 is 2.00 bits per heavy atom. The lowest BCUT2D eigenvalue weighted by molar-refractivity contribution is -0.883. The van der Waals surface area contributed by atoms with Gasteiger partial charge in [-0.2, -0.15) is 0 Å². The monoisotopic (exact) mass is 293 g/mol. The Labute approximate surface area is 121 Å². The molecule has 2 aromatic rings. The van der Waals surface area contributed by atoms with Crippen LogP contribution in [0.25, 0.3) is 9.75 Å². The van der Waals surface area contributed by atoms with Gasteiger partial charge in [0.1, 0.15) is 0 Å². The Kier molecular flexibility index (Phi) is 3.68. The zero-order chi connectivity index (χ0) is 13.2. The first kappa shape index (κ1) is 12.8. The molecule has 19 heavy (non-hydrogen) atoms. The highest BCUT2D eigenvalue weighted by Crippen LogP contribution is 2.31. The molecule has 3 rings (SSSR count). The summed E-state index contributed by atoms with van der Waals surface area (Å²) in [5.41, 5.74) is 0. The van der Waals surface area contributed by atoms with Gasteiger partial charge in [0, 0.05) is 9.75 Å². The molecule has 0 aromatic carbocycles. The minimum Gasteiger partial charge on any atom is -0.334 e. The second-order valence-corrected chi connectivity index (χ2v) is 6.92. The first-order valence-electron chi connectivity index (χ1n) is 6.48. The number of carbonyl (C=O) groups is 1. The molecule has 0 spiro atoms. The first-order valence-corrected chi connectivity index (χ1v) is 8.18. The Hall–Kier alpha value is -1.17. The maximum Gasteiger partial charge on any atom is 0.264 e. The first-order chi connectivity index (χ1) is 9.24. The molecule has 100 valence electrons. The van der Waals surface area contributed by atoms with E-state index in [0.29, 0.717) is 0 Å². The van der Waals surface area contributed by atoms with Gasteiger partial charge in [-0.15, -0.1) is 22.7 Å². The molecule has 5 heteroatoms. The smallest absolute Gasteiger partial charge is 0.264 e. The molecule has 2 aromatic heterocycles. The van der Waals surface area contributed by atoms with Gasteiger partial charge in [-0.25, -0.2) is 0 Å². The van der Waals surface area contributed by atoms with Crippen LogP contribution in [0.2, 0.25) is 0 Å². The van der Waals surface area contributed by atoms with Gasteiger partial charge < -0.3 is 9.80 Å². The number of piperazine rings is 1. The lowest BCUT2D eigenvalue weighted by Gasteiger charge is -2.29. The van der Waals surface area contributed by atoms with Crippen LogP contribution in [-0.2, 0) is 0 Å². The van der Waals surface area contributed by atoms with E-state index < -0.39 is 0 Å². The quantitative estimate of drug-likeness (QED) is 0.890. The second-order valence-electron chi connectivity index (χ2n) is 4.89. The summed E-state index contributed by atoms with van der Waals surface area (Å²) in [4.78, 5) is 19.2. The number of hydrogen-bond donors (Lipinski definition) is 1. The van der Waals surface area contributed by atoms with Gasteiger partial charge in [0.25, 0.3) is 5.91 Å². The van der Waals surface area contributed by atoms with Crippen LogP contribution in [0.4, 0.5) is 0 Å². The van der Waals surface area contributed by atoms with E-state index >= 15 is 0 Å². The molecule has 1 amide bonds. The number of nitrogens with one attached hydrogen (secondary N) is 1. The summed E-state index contributed by atoms with van der Waals surface area (Å²) in [6.45, 7) is 3.84. The summed E-state index contributed by atoms with van der Waals surface area (Å²) in [6, 6.07) is 8.17. The number of thiophene rings is 2. The van der Waals surface area contributed by atoms with Crippen molar-refractivity contribution >= 4 is 28.6 Å². The fourth-order valence-corrected chi connectivity index (χ4v) is 4.06. The predicted octanol–water partition coefficient (Wildman–Crippen LogP) is 1.45. The molecule has 1 saturated heterocycles. The molecule has 0 atom stereocenters. The van der Waals surface area contributed by atoms with Crippen molar-refractivity contribution in [2.24, 2.45) is 0 Å². The Morgan fingerprint density at radius 3 is 2.68 bits per heavy atom. The van der Waals surface area contributed by atoms with E-state index in [4.69, 9.17) is 0 Å². The Bertz CT molecular complexity index is 554. The van der Waals surface area contributed by atoms with Gasteiger partial charge in [-0.05, 0) is 23.6 Å². The molecule has 3 nitrogen and oxygen atoms in total. The van der Waals surface area contributed by atoms with Gasteiger partial charge in [-0.3, -0.25) is 4.79 Å². The molecule has 0 bridgehead atoms. The summed E-state index contributed by atoms with van der Waals surface area (Å²) < 4.78 is 0. The van der Waals surface area contributed by atoms with Gasteiger partial charge in [-0.1, -0.05) is 6.07 Å². The second kappa shape index (κ2) is 5.45. The fraction of sp³-hybridized carbons (Fsp3) is 0.357. The van der Waals surface area contributed by atoms with Crippen LogP contribution in [0.1, 0.15) is 9.67 Å². The van der Waals surface area contributed by atoms with Crippen molar-refractivity contribution in [1.29, 1.82) is 0 Å². The van der Waals surface area contributed by atoms with Gasteiger partial charge >= 0.3 is 0 Å². The summed E-state index contributed by atoms with van der Waals surface area (Å²) in [5, 5.41) is 2.07. The van der Waals surface area contributed by atoms with Crippen molar-refractivity contribution in [2.45, 2.75) is 0 Å². The van der Waals surface area contributed by atoms with E-state index in [2.05, 4.69) is 24.6 Å². The van der Waals surface area contributed by atoms with Crippen molar-refractivity contribution in [3.05, 3.63) is 34.5 Å². The summed E-state index contributed by atoms with van der Waals surface area (Å²) in [7, 11) is 2.18. The fourth-order valence-electron chi connectivity index (χ4n) is 2.25. The number of quaternary nitrogens is 1. The highest BCUT2D eigenvalue weighted by molar-refractivity contribution is 7.22. The third kappa shape index (κ3) is 2.73.